The highest BCUT2D eigenvalue weighted by Gasteiger charge is 2.13. The summed E-state index contributed by atoms with van der Waals surface area (Å²) in [6.45, 7) is 7.37. The van der Waals surface area contributed by atoms with E-state index in [1.807, 2.05) is 12.1 Å². The van der Waals surface area contributed by atoms with Crippen LogP contribution < -0.4 is 19.3 Å². The third kappa shape index (κ3) is 8.21. The van der Waals surface area contributed by atoms with Crippen molar-refractivity contribution in [1.82, 2.24) is 0 Å². The second kappa shape index (κ2) is 9.66. The van der Waals surface area contributed by atoms with E-state index >= 15 is 0 Å². The first-order valence-electron chi connectivity index (χ1n) is 6.70. The molecular weight excluding hydrogens is 313 g/mol. The van der Waals surface area contributed by atoms with Crippen LogP contribution in [0.1, 0.15) is 19.4 Å². The molecule has 0 aliphatic carbocycles. The maximum absolute atomic E-state index is 9.80. The van der Waals surface area contributed by atoms with Crippen molar-refractivity contribution < 1.29 is 38.7 Å². The van der Waals surface area contributed by atoms with Crippen molar-refractivity contribution in [1.29, 1.82) is 0 Å². The van der Waals surface area contributed by atoms with Gasteiger partial charge in [0, 0.05) is 5.56 Å². The summed E-state index contributed by atoms with van der Waals surface area (Å²) in [7, 11) is -1.80. The van der Waals surface area contributed by atoms with Gasteiger partial charge in [0.25, 0.3) is 7.82 Å². The van der Waals surface area contributed by atoms with Gasteiger partial charge in [0.2, 0.25) is 5.75 Å². The van der Waals surface area contributed by atoms with Gasteiger partial charge in [0.1, 0.15) is 6.54 Å². The van der Waals surface area contributed by atoms with Crippen LogP contribution in [0, 0.1) is 0 Å². The summed E-state index contributed by atoms with van der Waals surface area (Å²) in [5.41, 5.74) is 1.11. The molecule has 0 aliphatic rings. The highest BCUT2D eigenvalue weighted by molar-refractivity contribution is 7.43. The number of hydrogen-bond acceptors (Lipinski definition) is 5. The molecule has 128 valence electrons. The SMILES string of the molecule is CC[NH+](CC)Cc1cc(OC)c(O)c(OC)c1.O=P([O-])(O)O. The Hall–Kier alpha value is -1.31. The number of nitrogens with one attached hydrogen (secondary N) is 1. The number of phenolic OH excluding ortho intramolecular Hbond substituents is 1. The topological polar surface area (TPSA) is 124 Å². The van der Waals surface area contributed by atoms with E-state index in [0.29, 0.717) is 11.5 Å². The van der Waals surface area contributed by atoms with Gasteiger partial charge < -0.3 is 34.2 Å². The number of methoxy groups -OCH3 is 2. The van der Waals surface area contributed by atoms with Gasteiger partial charge in [-0.1, -0.05) is 0 Å². The van der Waals surface area contributed by atoms with E-state index in [2.05, 4.69) is 13.8 Å². The van der Waals surface area contributed by atoms with Crippen molar-refractivity contribution >= 4 is 7.82 Å². The number of aromatic hydroxyl groups is 1. The molecule has 9 heteroatoms. The van der Waals surface area contributed by atoms with Crippen LogP contribution in [0.5, 0.6) is 17.2 Å². The van der Waals surface area contributed by atoms with Gasteiger partial charge in [0.05, 0.1) is 27.3 Å². The summed E-state index contributed by atoms with van der Waals surface area (Å²) in [4.78, 5) is 24.4. The zero-order chi connectivity index (χ0) is 17.3. The molecule has 22 heavy (non-hydrogen) atoms. The minimum Gasteiger partial charge on any atom is -0.756 e. The van der Waals surface area contributed by atoms with Gasteiger partial charge in [0.15, 0.2) is 11.5 Å². The fourth-order valence-corrected chi connectivity index (χ4v) is 1.84. The lowest BCUT2D eigenvalue weighted by atomic mass is 10.1. The van der Waals surface area contributed by atoms with Crippen LogP contribution >= 0.6 is 7.82 Å². The Morgan fingerprint density at radius 3 is 1.77 bits per heavy atom. The van der Waals surface area contributed by atoms with E-state index in [9.17, 15) is 5.11 Å². The van der Waals surface area contributed by atoms with Crippen molar-refractivity contribution in [3.63, 3.8) is 0 Å². The summed E-state index contributed by atoms with van der Waals surface area (Å²) in [6.07, 6.45) is 0. The lowest BCUT2D eigenvalue weighted by Crippen LogP contribution is -3.10. The summed E-state index contributed by atoms with van der Waals surface area (Å²) in [5, 5.41) is 9.80. The largest absolute Gasteiger partial charge is 0.756 e. The van der Waals surface area contributed by atoms with E-state index in [-0.39, 0.29) is 5.75 Å². The summed E-state index contributed by atoms with van der Waals surface area (Å²) >= 11 is 0. The molecule has 1 rings (SSSR count). The Kier molecular flexibility index (Phi) is 9.08. The van der Waals surface area contributed by atoms with Crippen LogP contribution in [0.2, 0.25) is 0 Å². The monoisotopic (exact) mass is 337 g/mol. The zero-order valence-electron chi connectivity index (χ0n) is 13.2. The van der Waals surface area contributed by atoms with Crippen LogP contribution in [0.15, 0.2) is 12.1 Å². The highest BCUT2D eigenvalue weighted by atomic mass is 31.2. The van der Waals surface area contributed by atoms with E-state index in [1.54, 1.807) is 14.2 Å². The molecule has 4 N–H and O–H groups in total. The van der Waals surface area contributed by atoms with E-state index < -0.39 is 7.82 Å². The Morgan fingerprint density at radius 1 is 1.14 bits per heavy atom. The molecule has 1 aromatic rings. The molecule has 0 atom stereocenters. The van der Waals surface area contributed by atoms with Crippen molar-refractivity contribution in [3.05, 3.63) is 17.7 Å². The normalized spacial score (nSPS) is 10.9. The predicted molar refractivity (Wildman–Crippen MR) is 79.0 cm³/mol. The molecule has 0 fully saturated rings. The molecule has 0 aliphatic heterocycles. The van der Waals surface area contributed by atoms with Crippen LogP contribution in [0.4, 0.5) is 0 Å². The maximum atomic E-state index is 9.80. The lowest BCUT2D eigenvalue weighted by molar-refractivity contribution is -0.910. The third-order valence-corrected chi connectivity index (χ3v) is 2.99. The Morgan fingerprint density at radius 2 is 1.50 bits per heavy atom. The molecule has 8 nitrogen and oxygen atoms in total. The van der Waals surface area contributed by atoms with Crippen molar-refractivity contribution in [2.24, 2.45) is 0 Å². The first kappa shape index (κ1) is 20.7. The molecule has 0 unspecified atom stereocenters. The van der Waals surface area contributed by atoms with E-state index in [4.69, 9.17) is 28.7 Å². The molecule has 0 amide bonds. The molecule has 0 bridgehead atoms. The fraction of sp³-hybridized carbons (Fsp3) is 0.538. The van der Waals surface area contributed by atoms with Gasteiger partial charge in [-0.05, 0) is 26.0 Å². The number of ether oxygens (including phenoxy) is 2. The lowest BCUT2D eigenvalue weighted by Gasteiger charge is -2.17. The highest BCUT2D eigenvalue weighted by Crippen LogP contribution is 2.36. The average molecular weight is 337 g/mol. The van der Waals surface area contributed by atoms with E-state index in [1.165, 1.54) is 4.90 Å². The second-order valence-electron chi connectivity index (χ2n) is 4.47. The molecular formula is C13H24NO7P. The Bertz CT molecular complexity index is 466. The molecule has 0 saturated carbocycles. The van der Waals surface area contributed by atoms with Gasteiger partial charge >= 0.3 is 0 Å². The van der Waals surface area contributed by atoms with Crippen LogP contribution in [-0.4, -0.2) is 42.2 Å². The minimum atomic E-state index is -4.89. The molecule has 0 saturated heterocycles. The number of phenols is 1. The van der Waals surface area contributed by atoms with Crippen LogP contribution in [0.3, 0.4) is 0 Å². The minimum absolute atomic E-state index is 0.0632. The van der Waals surface area contributed by atoms with Crippen LogP contribution in [-0.2, 0) is 11.1 Å². The van der Waals surface area contributed by atoms with E-state index in [0.717, 1.165) is 25.2 Å². The fourth-order valence-electron chi connectivity index (χ4n) is 1.84. The maximum Gasteiger partial charge on any atom is 0.262 e. The quantitative estimate of drug-likeness (QED) is 0.505. The number of hydrogen-bond donors (Lipinski definition) is 4. The van der Waals surface area contributed by atoms with Crippen molar-refractivity contribution in [3.8, 4) is 17.2 Å². The van der Waals surface area contributed by atoms with Gasteiger partial charge in [-0.3, -0.25) is 4.57 Å². The second-order valence-corrected chi connectivity index (χ2v) is 5.45. The number of quaternary nitrogens is 1. The van der Waals surface area contributed by atoms with Gasteiger partial charge in [-0.15, -0.1) is 0 Å². The Balaban J connectivity index is 0.000000763. The van der Waals surface area contributed by atoms with Gasteiger partial charge in [-0.2, -0.15) is 0 Å². The first-order chi connectivity index (χ1) is 10.2. The van der Waals surface area contributed by atoms with Crippen molar-refractivity contribution in [2.45, 2.75) is 20.4 Å². The standard InChI is InChI=1S/C13H21NO3.H3O4P/c1-5-14(6-2)9-10-7-11(16-3)13(15)12(8-10)17-4;1-5(2,3)4/h7-8,15H,5-6,9H2,1-4H3;(H3,1,2,3,4). The van der Waals surface area contributed by atoms with Gasteiger partial charge in [-0.25, -0.2) is 0 Å². The molecule has 1 aromatic carbocycles. The van der Waals surface area contributed by atoms with Crippen LogP contribution in [0.25, 0.3) is 0 Å². The van der Waals surface area contributed by atoms with Crippen molar-refractivity contribution in [2.75, 3.05) is 27.3 Å². The molecule has 0 heterocycles. The third-order valence-electron chi connectivity index (χ3n) is 2.99. The summed E-state index contributed by atoms with van der Waals surface area (Å²) < 4.78 is 19.0. The number of phosphoric acid groups is 1. The molecule has 0 spiro atoms. The smallest absolute Gasteiger partial charge is 0.262 e. The summed E-state index contributed by atoms with van der Waals surface area (Å²) in [6, 6.07) is 3.73. The zero-order valence-corrected chi connectivity index (χ0v) is 14.1. The predicted octanol–water partition coefficient (Wildman–Crippen LogP) is -0.726. The average Bonchev–Trinajstić information content (AvgIpc) is 2.44. The summed E-state index contributed by atoms with van der Waals surface area (Å²) in [5.74, 6) is 0.991. The Labute approximate surface area is 130 Å². The number of rotatable bonds is 6. The molecule has 0 radical (unpaired) electrons. The number of benzene rings is 1. The first-order valence-corrected chi connectivity index (χ1v) is 8.23. The molecule has 0 aromatic heterocycles.